The number of ether oxygens (including phenoxy) is 1. The fourth-order valence-corrected chi connectivity index (χ4v) is 4.85. The largest absolute Gasteiger partial charge is 0.457 e. The van der Waals surface area contributed by atoms with E-state index < -0.39 is 11.9 Å². The van der Waals surface area contributed by atoms with Crippen LogP contribution in [0, 0.1) is 5.41 Å². The molecule has 2 aromatic rings. The zero-order valence-corrected chi connectivity index (χ0v) is 21.3. The van der Waals surface area contributed by atoms with Gasteiger partial charge in [-0.15, -0.1) is 0 Å². The van der Waals surface area contributed by atoms with Crippen LogP contribution in [0.5, 0.6) is 0 Å². The lowest BCUT2D eigenvalue weighted by atomic mass is 9.89. The number of fused-ring (bicyclic) bond motifs is 1. The van der Waals surface area contributed by atoms with E-state index in [0.29, 0.717) is 11.3 Å². The van der Waals surface area contributed by atoms with Crippen molar-refractivity contribution in [1.29, 1.82) is 0 Å². The molecule has 1 aliphatic carbocycles. The van der Waals surface area contributed by atoms with Crippen molar-refractivity contribution in [1.82, 2.24) is 10.2 Å². The number of anilines is 1. The molecule has 2 N–H and O–H groups in total. The van der Waals surface area contributed by atoms with Crippen LogP contribution in [0.3, 0.4) is 0 Å². The van der Waals surface area contributed by atoms with Crippen molar-refractivity contribution in [3.8, 4) is 11.1 Å². The summed E-state index contributed by atoms with van der Waals surface area (Å²) in [5.74, 6) is -1.91. The number of rotatable bonds is 7. The van der Waals surface area contributed by atoms with E-state index in [0.717, 1.165) is 36.0 Å². The van der Waals surface area contributed by atoms with Gasteiger partial charge >= 0.3 is 5.97 Å². The van der Waals surface area contributed by atoms with Gasteiger partial charge in [0.2, 0.25) is 5.91 Å². The number of nitrogens with one attached hydrogen (secondary N) is 2. The van der Waals surface area contributed by atoms with Crippen LogP contribution in [-0.4, -0.2) is 34.7 Å². The van der Waals surface area contributed by atoms with E-state index in [1.165, 1.54) is 11.8 Å². The van der Waals surface area contributed by atoms with Crippen LogP contribution >= 0.6 is 0 Å². The Balaban J connectivity index is 1.44. The average Bonchev–Trinajstić information content (AvgIpc) is 3.36. The molecule has 2 aliphatic rings. The van der Waals surface area contributed by atoms with Gasteiger partial charge in [-0.2, -0.15) is 0 Å². The molecule has 1 atom stereocenters. The van der Waals surface area contributed by atoms with E-state index in [1.54, 1.807) is 24.3 Å². The Bertz CT molecular complexity index is 1310. The first-order chi connectivity index (χ1) is 17.5. The molecular formula is C29H31N3O5. The van der Waals surface area contributed by atoms with Gasteiger partial charge in [0.1, 0.15) is 17.5 Å². The number of carbonyl (C=O) groups excluding carboxylic acids is 4. The van der Waals surface area contributed by atoms with Crippen LogP contribution < -0.4 is 10.6 Å². The molecule has 8 nitrogen and oxygen atoms in total. The maximum absolute atomic E-state index is 13.1. The highest BCUT2D eigenvalue weighted by Crippen LogP contribution is 2.39. The summed E-state index contributed by atoms with van der Waals surface area (Å²) in [7, 11) is 0. The summed E-state index contributed by atoms with van der Waals surface area (Å²) < 4.78 is 5.57. The molecule has 0 saturated heterocycles. The van der Waals surface area contributed by atoms with Crippen LogP contribution in [0.25, 0.3) is 11.1 Å². The van der Waals surface area contributed by atoms with Crippen LogP contribution in [-0.2, 0) is 25.7 Å². The highest BCUT2D eigenvalue weighted by Gasteiger charge is 2.38. The summed E-state index contributed by atoms with van der Waals surface area (Å²) in [6.07, 6.45) is 2.46. The van der Waals surface area contributed by atoms with Crippen molar-refractivity contribution in [2.24, 2.45) is 5.41 Å². The van der Waals surface area contributed by atoms with E-state index in [4.69, 9.17) is 4.74 Å². The molecule has 0 spiro atoms. The maximum atomic E-state index is 13.1. The highest BCUT2D eigenvalue weighted by atomic mass is 16.5. The Hall–Kier alpha value is -4.20. The molecule has 0 aromatic heterocycles. The second kappa shape index (κ2) is 10.0. The van der Waals surface area contributed by atoms with Crippen LogP contribution in [0.4, 0.5) is 5.69 Å². The fourth-order valence-electron chi connectivity index (χ4n) is 4.85. The Kier molecular flexibility index (Phi) is 7.03. The molecule has 37 heavy (non-hydrogen) atoms. The molecule has 1 unspecified atom stereocenters. The minimum atomic E-state index is -0.699. The number of hydrogen-bond acceptors (Lipinski definition) is 5. The smallest absolute Gasteiger partial charge is 0.354 e. The van der Waals surface area contributed by atoms with E-state index in [9.17, 15) is 19.2 Å². The van der Waals surface area contributed by atoms with Gasteiger partial charge in [0.25, 0.3) is 11.8 Å². The standard InChI is InChI=1S/C29H31N3O5/c1-17(28(36)37-25-10-7-15-29(25,4)5)30-26(34)18(2)32-16-24-22(8-6-9-23(24)27(32)35)20-11-13-21(14-12-20)31-19(3)33/h6,8-9,11-14,25H,1-2,7,10,15-16H2,3-5H3,(H,30,34)(H,31,33). The number of carbonyl (C=O) groups is 4. The number of benzene rings is 2. The zero-order valence-electron chi connectivity index (χ0n) is 21.3. The molecule has 3 amide bonds. The van der Waals surface area contributed by atoms with Crippen molar-refractivity contribution in [2.45, 2.75) is 52.7 Å². The Morgan fingerprint density at radius 1 is 1.05 bits per heavy atom. The zero-order chi connectivity index (χ0) is 26.9. The quantitative estimate of drug-likeness (QED) is 0.428. The lowest BCUT2D eigenvalue weighted by Gasteiger charge is -2.27. The van der Waals surface area contributed by atoms with E-state index in [2.05, 4.69) is 23.8 Å². The first-order valence-electron chi connectivity index (χ1n) is 12.2. The molecule has 0 bridgehead atoms. The summed E-state index contributed by atoms with van der Waals surface area (Å²) in [6.45, 7) is 13.1. The molecule has 1 aliphatic heterocycles. The number of esters is 1. The predicted molar refractivity (Wildman–Crippen MR) is 140 cm³/mol. The molecule has 0 radical (unpaired) electrons. The van der Waals surface area contributed by atoms with E-state index >= 15 is 0 Å². The van der Waals surface area contributed by atoms with Gasteiger partial charge in [-0.05, 0) is 54.2 Å². The van der Waals surface area contributed by atoms with Crippen molar-refractivity contribution in [2.75, 3.05) is 5.32 Å². The molecule has 4 rings (SSSR count). The van der Waals surface area contributed by atoms with Crippen molar-refractivity contribution < 1.29 is 23.9 Å². The first-order valence-corrected chi connectivity index (χ1v) is 12.2. The Morgan fingerprint density at radius 3 is 2.35 bits per heavy atom. The Labute approximate surface area is 216 Å². The van der Waals surface area contributed by atoms with Gasteiger partial charge in [0, 0.05) is 23.6 Å². The maximum Gasteiger partial charge on any atom is 0.354 e. The number of nitrogens with zero attached hydrogens (tertiary/aromatic N) is 1. The average molecular weight is 502 g/mol. The monoisotopic (exact) mass is 501 g/mol. The lowest BCUT2D eigenvalue weighted by molar-refractivity contribution is -0.149. The van der Waals surface area contributed by atoms with Crippen molar-refractivity contribution >= 4 is 29.4 Å². The first kappa shape index (κ1) is 25.9. The summed E-state index contributed by atoms with van der Waals surface area (Å²) in [4.78, 5) is 51.1. The van der Waals surface area contributed by atoms with E-state index in [-0.39, 0.29) is 41.3 Å². The molecule has 1 fully saturated rings. The number of hydrogen-bond donors (Lipinski definition) is 2. The second-order valence-electron chi connectivity index (χ2n) is 10.1. The SMILES string of the molecule is C=C(NC(=O)C(=C)N1Cc2c(cccc2-c2ccc(NC(C)=O)cc2)C1=O)C(=O)OC1CCCC1(C)C. The third-order valence-corrected chi connectivity index (χ3v) is 6.99. The lowest BCUT2D eigenvalue weighted by Crippen LogP contribution is -2.37. The van der Waals surface area contributed by atoms with Gasteiger partial charge in [-0.1, -0.05) is 51.3 Å². The van der Waals surface area contributed by atoms with Crippen molar-refractivity contribution in [3.63, 3.8) is 0 Å². The van der Waals surface area contributed by atoms with Gasteiger partial charge < -0.3 is 15.4 Å². The second-order valence-corrected chi connectivity index (χ2v) is 10.1. The van der Waals surface area contributed by atoms with Crippen LogP contribution in [0.2, 0.25) is 0 Å². The topological polar surface area (TPSA) is 105 Å². The summed E-state index contributed by atoms with van der Waals surface area (Å²) in [5, 5.41) is 5.16. The van der Waals surface area contributed by atoms with Crippen LogP contribution in [0.1, 0.15) is 56.0 Å². The molecule has 2 aromatic carbocycles. The highest BCUT2D eigenvalue weighted by molar-refractivity contribution is 6.08. The van der Waals surface area contributed by atoms with Gasteiger partial charge in [-0.25, -0.2) is 4.79 Å². The van der Waals surface area contributed by atoms with Crippen LogP contribution in [0.15, 0.2) is 67.0 Å². The summed E-state index contributed by atoms with van der Waals surface area (Å²) in [5.41, 5.74) is 3.18. The minimum Gasteiger partial charge on any atom is -0.457 e. The fraction of sp³-hybridized carbons (Fsp3) is 0.310. The Morgan fingerprint density at radius 2 is 1.73 bits per heavy atom. The predicted octanol–water partition coefficient (Wildman–Crippen LogP) is 4.53. The molecule has 1 saturated carbocycles. The van der Waals surface area contributed by atoms with Gasteiger partial charge in [0.15, 0.2) is 0 Å². The van der Waals surface area contributed by atoms with Gasteiger partial charge in [0.05, 0.1) is 6.54 Å². The van der Waals surface area contributed by atoms with Gasteiger partial charge in [-0.3, -0.25) is 19.3 Å². The molecule has 1 heterocycles. The third kappa shape index (κ3) is 5.33. The summed E-state index contributed by atoms with van der Waals surface area (Å²) in [6, 6.07) is 12.7. The summed E-state index contributed by atoms with van der Waals surface area (Å²) >= 11 is 0. The molecule has 8 heteroatoms. The third-order valence-electron chi connectivity index (χ3n) is 6.99. The molecule has 192 valence electrons. The number of amides is 3. The van der Waals surface area contributed by atoms with Crippen molar-refractivity contribution in [3.05, 3.63) is 78.1 Å². The molecular weight excluding hydrogens is 470 g/mol. The minimum absolute atomic E-state index is 0.0942. The normalized spacial score (nSPS) is 17.6. The van der Waals surface area contributed by atoms with E-state index in [1.807, 2.05) is 32.0 Å².